The topological polar surface area (TPSA) is 23.6 Å². The van der Waals surface area contributed by atoms with Crippen molar-refractivity contribution in [2.75, 3.05) is 26.2 Å². The van der Waals surface area contributed by atoms with Gasteiger partial charge in [0.05, 0.1) is 0 Å². The molecular weight excluding hydrogens is 256 g/mol. The first-order chi connectivity index (χ1) is 9.33. The monoisotopic (exact) mass is 278 g/mol. The molecule has 4 heteroatoms. The molecule has 1 saturated heterocycles. The van der Waals surface area contributed by atoms with Crippen LogP contribution >= 0.6 is 11.3 Å². The van der Waals surface area contributed by atoms with E-state index in [1.165, 1.54) is 29.7 Å². The molecule has 3 heterocycles. The van der Waals surface area contributed by atoms with Crippen LogP contribution in [0.2, 0.25) is 0 Å². The van der Waals surface area contributed by atoms with Gasteiger partial charge in [0, 0.05) is 44.0 Å². The van der Waals surface area contributed by atoms with Gasteiger partial charge >= 0.3 is 0 Å². The van der Waals surface area contributed by atoms with Gasteiger partial charge < -0.3 is 4.90 Å². The Bertz CT molecular complexity index is 437. The Morgan fingerprint density at radius 1 is 1.21 bits per heavy atom. The number of rotatable bonds is 3. The second-order valence-electron chi connectivity index (χ2n) is 5.59. The third kappa shape index (κ3) is 3.18. The highest BCUT2D eigenvalue weighted by Gasteiger charge is 2.20. The summed E-state index contributed by atoms with van der Waals surface area (Å²) in [6.07, 6.45) is 5.51. The van der Waals surface area contributed by atoms with Gasteiger partial charge in [0.25, 0.3) is 0 Å². The molecule has 1 aromatic rings. The number of carbonyl (C=O) groups excluding carboxylic acids is 1. The molecule has 104 valence electrons. The Kier molecular flexibility index (Phi) is 4.18. The van der Waals surface area contributed by atoms with Crippen molar-refractivity contribution >= 4 is 17.2 Å². The van der Waals surface area contributed by atoms with E-state index in [1.807, 2.05) is 11.3 Å². The van der Waals surface area contributed by atoms with E-state index in [-0.39, 0.29) is 0 Å². The fourth-order valence-electron chi connectivity index (χ4n) is 3.04. The first-order valence-corrected chi connectivity index (χ1v) is 8.26. The molecule has 0 bridgehead atoms. The van der Waals surface area contributed by atoms with Crippen LogP contribution in [0.1, 0.15) is 36.1 Å². The number of hydrogen-bond acceptors (Lipinski definition) is 3. The van der Waals surface area contributed by atoms with E-state index < -0.39 is 0 Å². The van der Waals surface area contributed by atoms with Crippen LogP contribution in [0.3, 0.4) is 0 Å². The Balaban J connectivity index is 1.46. The second kappa shape index (κ2) is 6.06. The number of hydrogen-bond donors (Lipinski definition) is 0. The summed E-state index contributed by atoms with van der Waals surface area (Å²) in [6, 6.07) is 2.25. The van der Waals surface area contributed by atoms with E-state index in [1.54, 1.807) is 0 Å². The molecule has 0 saturated carbocycles. The lowest BCUT2D eigenvalue weighted by Crippen LogP contribution is -2.38. The van der Waals surface area contributed by atoms with E-state index in [2.05, 4.69) is 21.2 Å². The van der Waals surface area contributed by atoms with Crippen LogP contribution in [-0.4, -0.2) is 41.9 Å². The largest absolute Gasteiger partial charge is 0.343 e. The fraction of sp³-hybridized carbons (Fsp3) is 0.667. The molecule has 2 aliphatic heterocycles. The Hall–Kier alpha value is -0.870. The minimum absolute atomic E-state index is 0.358. The summed E-state index contributed by atoms with van der Waals surface area (Å²) < 4.78 is 0. The average molecular weight is 278 g/mol. The van der Waals surface area contributed by atoms with Gasteiger partial charge in [0.1, 0.15) is 0 Å². The third-order valence-corrected chi connectivity index (χ3v) is 5.20. The van der Waals surface area contributed by atoms with Crippen molar-refractivity contribution in [3.8, 4) is 0 Å². The SMILES string of the molecule is O=C(CCN1CCc2ccsc2C1)N1CCCCC1. The molecule has 0 spiro atoms. The van der Waals surface area contributed by atoms with E-state index >= 15 is 0 Å². The minimum Gasteiger partial charge on any atom is -0.343 e. The van der Waals surface area contributed by atoms with Gasteiger partial charge in [-0.25, -0.2) is 0 Å². The summed E-state index contributed by atoms with van der Waals surface area (Å²) in [4.78, 5) is 18.1. The van der Waals surface area contributed by atoms with Crippen LogP contribution in [-0.2, 0) is 17.8 Å². The molecule has 0 unspecified atom stereocenters. The first kappa shape index (κ1) is 13.1. The number of amides is 1. The van der Waals surface area contributed by atoms with E-state index in [0.29, 0.717) is 12.3 Å². The lowest BCUT2D eigenvalue weighted by molar-refractivity contribution is -0.132. The van der Waals surface area contributed by atoms with Gasteiger partial charge in [-0.2, -0.15) is 0 Å². The molecule has 3 nitrogen and oxygen atoms in total. The normalized spacial score (nSPS) is 20.3. The van der Waals surface area contributed by atoms with Crippen LogP contribution in [0.15, 0.2) is 11.4 Å². The van der Waals surface area contributed by atoms with Gasteiger partial charge in [-0.3, -0.25) is 9.69 Å². The lowest BCUT2D eigenvalue weighted by Gasteiger charge is -2.29. The van der Waals surface area contributed by atoms with Crippen LogP contribution < -0.4 is 0 Å². The maximum absolute atomic E-state index is 12.1. The zero-order chi connectivity index (χ0) is 13.1. The van der Waals surface area contributed by atoms with E-state index in [0.717, 1.165) is 39.1 Å². The van der Waals surface area contributed by atoms with Crippen molar-refractivity contribution in [2.45, 2.75) is 38.6 Å². The quantitative estimate of drug-likeness (QED) is 0.848. The highest BCUT2D eigenvalue weighted by Crippen LogP contribution is 2.24. The number of piperidine rings is 1. The van der Waals surface area contributed by atoms with E-state index in [9.17, 15) is 4.79 Å². The molecule has 1 aromatic heterocycles. The lowest BCUT2D eigenvalue weighted by atomic mass is 10.1. The van der Waals surface area contributed by atoms with Crippen molar-refractivity contribution in [2.24, 2.45) is 0 Å². The van der Waals surface area contributed by atoms with Gasteiger partial charge in [-0.05, 0) is 42.7 Å². The van der Waals surface area contributed by atoms with Crippen molar-refractivity contribution in [1.82, 2.24) is 9.80 Å². The summed E-state index contributed by atoms with van der Waals surface area (Å²) in [5, 5.41) is 2.19. The standard InChI is InChI=1S/C15H22N2OS/c18-15(17-7-2-1-3-8-17)5-10-16-9-4-13-6-11-19-14(13)12-16/h6,11H,1-5,7-10,12H2. The average Bonchev–Trinajstić information content (AvgIpc) is 2.93. The van der Waals surface area contributed by atoms with Crippen LogP contribution in [0.25, 0.3) is 0 Å². The van der Waals surface area contributed by atoms with Crippen molar-refractivity contribution in [3.63, 3.8) is 0 Å². The molecule has 0 N–H and O–H groups in total. The molecule has 3 rings (SSSR count). The number of likely N-dealkylation sites (tertiary alicyclic amines) is 1. The summed E-state index contributed by atoms with van der Waals surface area (Å²) in [5.41, 5.74) is 1.52. The van der Waals surface area contributed by atoms with Crippen molar-refractivity contribution in [1.29, 1.82) is 0 Å². The smallest absolute Gasteiger partial charge is 0.223 e. The summed E-state index contributed by atoms with van der Waals surface area (Å²) >= 11 is 1.85. The Morgan fingerprint density at radius 2 is 2.05 bits per heavy atom. The van der Waals surface area contributed by atoms with Gasteiger partial charge in [-0.15, -0.1) is 11.3 Å². The molecule has 1 fully saturated rings. The minimum atomic E-state index is 0.358. The molecular formula is C15H22N2OS. The van der Waals surface area contributed by atoms with Crippen molar-refractivity contribution in [3.05, 3.63) is 21.9 Å². The molecule has 2 aliphatic rings. The van der Waals surface area contributed by atoms with Gasteiger partial charge in [0.2, 0.25) is 5.91 Å². The van der Waals surface area contributed by atoms with Gasteiger partial charge in [-0.1, -0.05) is 0 Å². The first-order valence-electron chi connectivity index (χ1n) is 7.38. The predicted octanol–water partition coefficient (Wildman–Crippen LogP) is 2.51. The highest BCUT2D eigenvalue weighted by molar-refractivity contribution is 7.10. The van der Waals surface area contributed by atoms with Gasteiger partial charge in [0.15, 0.2) is 0 Å². The second-order valence-corrected chi connectivity index (χ2v) is 6.59. The third-order valence-electron chi connectivity index (χ3n) is 4.25. The van der Waals surface area contributed by atoms with Crippen molar-refractivity contribution < 1.29 is 4.79 Å². The predicted molar refractivity (Wildman–Crippen MR) is 78.3 cm³/mol. The van der Waals surface area contributed by atoms with Crippen LogP contribution in [0.4, 0.5) is 0 Å². The van der Waals surface area contributed by atoms with Crippen LogP contribution in [0, 0.1) is 0 Å². The Labute approximate surface area is 119 Å². The summed E-state index contributed by atoms with van der Waals surface area (Å²) in [6.45, 7) is 5.03. The number of nitrogens with zero attached hydrogens (tertiary/aromatic N) is 2. The maximum atomic E-state index is 12.1. The van der Waals surface area contributed by atoms with E-state index in [4.69, 9.17) is 0 Å². The summed E-state index contributed by atoms with van der Waals surface area (Å²) in [7, 11) is 0. The number of carbonyl (C=O) groups is 1. The maximum Gasteiger partial charge on any atom is 0.223 e. The molecule has 0 radical (unpaired) electrons. The van der Waals surface area contributed by atoms with Crippen LogP contribution in [0.5, 0.6) is 0 Å². The number of thiophene rings is 1. The zero-order valence-electron chi connectivity index (χ0n) is 11.4. The highest BCUT2D eigenvalue weighted by atomic mass is 32.1. The summed E-state index contributed by atoms with van der Waals surface area (Å²) in [5.74, 6) is 0.358. The fourth-order valence-corrected chi connectivity index (χ4v) is 4.01. The molecule has 0 aromatic carbocycles. The molecule has 0 atom stereocenters. The molecule has 1 amide bonds. The number of fused-ring (bicyclic) bond motifs is 1. The molecule has 19 heavy (non-hydrogen) atoms. The Morgan fingerprint density at radius 3 is 2.89 bits per heavy atom. The molecule has 0 aliphatic carbocycles. The zero-order valence-corrected chi connectivity index (χ0v) is 12.3.